The molecule has 3 heterocycles. The smallest absolute Gasteiger partial charge is 0.225 e. The molecule has 0 spiro atoms. The monoisotopic (exact) mass is 325 g/mol. The molecule has 2 aromatic rings. The standard InChI is InChI=1S/C15H20ClN3OS/c1-3-10-9-11-12(17-14(16)18-13(11)21-10)19-7-4-5-15(2,20)6-8-19/h9,20H,3-8H2,1-2H3. The highest BCUT2D eigenvalue weighted by molar-refractivity contribution is 7.18. The first-order valence-corrected chi connectivity index (χ1v) is 8.61. The van der Waals surface area contributed by atoms with Crippen LogP contribution in [0.25, 0.3) is 10.2 Å². The molecular formula is C15H20ClN3OS. The number of aryl methyl sites for hydroxylation is 1. The van der Waals surface area contributed by atoms with Crippen molar-refractivity contribution in [3.05, 3.63) is 16.2 Å². The molecule has 0 amide bonds. The average Bonchev–Trinajstić information content (AvgIpc) is 2.75. The Bertz CT molecular complexity index is 656. The van der Waals surface area contributed by atoms with Crippen molar-refractivity contribution in [2.75, 3.05) is 18.0 Å². The summed E-state index contributed by atoms with van der Waals surface area (Å²) in [4.78, 5) is 13.3. The normalized spacial score (nSPS) is 23.5. The maximum Gasteiger partial charge on any atom is 0.225 e. The first-order chi connectivity index (χ1) is 9.98. The molecule has 1 aliphatic rings. The highest BCUT2D eigenvalue weighted by Gasteiger charge is 2.26. The molecule has 1 aliphatic heterocycles. The van der Waals surface area contributed by atoms with E-state index in [0.29, 0.717) is 5.28 Å². The van der Waals surface area contributed by atoms with Crippen molar-refractivity contribution in [2.24, 2.45) is 0 Å². The van der Waals surface area contributed by atoms with Gasteiger partial charge in [-0.05, 0) is 50.3 Å². The second-order valence-electron chi connectivity index (χ2n) is 5.94. The first kappa shape index (κ1) is 15.0. The summed E-state index contributed by atoms with van der Waals surface area (Å²) in [6, 6.07) is 2.18. The summed E-state index contributed by atoms with van der Waals surface area (Å²) >= 11 is 7.78. The molecule has 21 heavy (non-hydrogen) atoms. The lowest BCUT2D eigenvalue weighted by Crippen LogP contribution is -2.29. The minimum absolute atomic E-state index is 0.304. The molecule has 114 valence electrons. The summed E-state index contributed by atoms with van der Waals surface area (Å²) in [6.45, 7) is 5.75. The van der Waals surface area contributed by atoms with Gasteiger partial charge in [0.2, 0.25) is 5.28 Å². The highest BCUT2D eigenvalue weighted by atomic mass is 35.5. The van der Waals surface area contributed by atoms with Crippen LogP contribution in [0.2, 0.25) is 5.28 Å². The molecule has 1 saturated heterocycles. The largest absolute Gasteiger partial charge is 0.390 e. The van der Waals surface area contributed by atoms with Crippen LogP contribution < -0.4 is 4.90 Å². The Hall–Kier alpha value is -0.910. The molecule has 1 atom stereocenters. The summed E-state index contributed by atoms with van der Waals surface area (Å²) in [5.74, 6) is 0.915. The predicted octanol–water partition coefficient (Wildman–Crippen LogP) is 3.65. The number of halogens is 1. The van der Waals surface area contributed by atoms with Gasteiger partial charge >= 0.3 is 0 Å². The van der Waals surface area contributed by atoms with E-state index in [4.69, 9.17) is 11.6 Å². The van der Waals surface area contributed by atoms with Gasteiger partial charge in [0, 0.05) is 18.0 Å². The predicted molar refractivity (Wildman–Crippen MR) is 88.5 cm³/mol. The molecule has 1 unspecified atom stereocenters. The third kappa shape index (κ3) is 3.15. The second-order valence-corrected chi connectivity index (χ2v) is 7.39. The highest BCUT2D eigenvalue weighted by Crippen LogP contribution is 2.34. The van der Waals surface area contributed by atoms with Gasteiger partial charge < -0.3 is 10.0 Å². The van der Waals surface area contributed by atoms with Crippen LogP contribution in [0.1, 0.15) is 38.0 Å². The van der Waals surface area contributed by atoms with Gasteiger partial charge in [0.15, 0.2) is 0 Å². The van der Waals surface area contributed by atoms with Gasteiger partial charge in [0.1, 0.15) is 10.6 Å². The van der Waals surface area contributed by atoms with Crippen LogP contribution in [0.4, 0.5) is 5.82 Å². The van der Waals surface area contributed by atoms with Crippen LogP contribution in [-0.4, -0.2) is 33.8 Å². The minimum atomic E-state index is -0.575. The van der Waals surface area contributed by atoms with Gasteiger partial charge in [-0.25, -0.2) is 4.98 Å². The molecule has 3 rings (SSSR count). The lowest BCUT2D eigenvalue weighted by Gasteiger charge is -2.23. The van der Waals surface area contributed by atoms with Gasteiger partial charge in [-0.1, -0.05) is 6.92 Å². The van der Waals surface area contributed by atoms with Gasteiger partial charge in [0.25, 0.3) is 0 Å². The fraction of sp³-hybridized carbons (Fsp3) is 0.600. The lowest BCUT2D eigenvalue weighted by atomic mass is 9.98. The minimum Gasteiger partial charge on any atom is -0.390 e. The number of hydrogen-bond acceptors (Lipinski definition) is 5. The Morgan fingerprint density at radius 3 is 2.95 bits per heavy atom. The van der Waals surface area contributed by atoms with E-state index in [1.807, 2.05) is 6.92 Å². The molecule has 1 fully saturated rings. The molecule has 0 saturated carbocycles. The zero-order chi connectivity index (χ0) is 15.0. The van der Waals surface area contributed by atoms with E-state index in [-0.39, 0.29) is 0 Å². The fourth-order valence-corrected chi connectivity index (χ4v) is 4.00. The van der Waals surface area contributed by atoms with Crippen molar-refractivity contribution >= 4 is 39.0 Å². The Morgan fingerprint density at radius 1 is 1.38 bits per heavy atom. The summed E-state index contributed by atoms with van der Waals surface area (Å²) in [6.07, 6.45) is 3.53. The van der Waals surface area contributed by atoms with Crippen LogP contribution in [-0.2, 0) is 6.42 Å². The van der Waals surface area contributed by atoms with Crippen LogP contribution in [0.3, 0.4) is 0 Å². The number of nitrogens with zero attached hydrogens (tertiary/aromatic N) is 3. The Morgan fingerprint density at radius 2 is 2.19 bits per heavy atom. The molecule has 0 aromatic carbocycles. The molecule has 4 nitrogen and oxygen atoms in total. The second kappa shape index (κ2) is 5.71. The summed E-state index contributed by atoms with van der Waals surface area (Å²) in [5, 5.41) is 11.6. The number of thiophene rings is 1. The zero-order valence-electron chi connectivity index (χ0n) is 12.4. The number of hydrogen-bond donors (Lipinski definition) is 1. The Kier molecular flexibility index (Phi) is 4.08. The van der Waals surface area contributed by atoms with Gasteiger partial charge in [-0.3, -0.25) is 0 Å². The molecule has 0 aliphatic carbocycles. The average molecular weight is 326 g/mol. The number of aromatic nitrogens is 2. The van der Waals surface area contributed by atoms with Crippen molar-refractivity contribution in [3.63, 3.8) is 0 Å². The summed E-state index contributed by atoms with van der Waals surface area (Å²) < 4.78 is 0. The van der Waals surface area contributed by atoms with Crippen molar-refractivity contribution < 1.29 is 5.11 Å². The SMILES string of the molecule is CCc1cc2c(N3CCCC(C)(O)CC3)nc(Cl)nc2s1. The summed E-state index contributed by atoms with van der Waals surface area (Å²) in [5.41, 5.74) is -0.575. The van der Waals surface area contributed by atoms with Crippen LogP contribution in [0, 0.1) is 0 Å². The van der Waals surface area contributed by atoms with Crippen molar-refractivity contribution in [1.82, 2.24) is 9.97 Å². The van der Waals surface area contributed by atoms with E-state index in [9.17, 15) is 5.11 Å². The van der Waals surface area contributed by atoms with Crippen LogP contribution >= 0.6 is 22.9 Å². The molecule has 0 bridgehead atoms. The van der Waals surface area contributed by atoms with Crippen molar-refractivity contribution in [2.45, 2.75) is 45.1 Å². The van der Waals surface area contributed by atoms with Crippen LogP contribution in [0.15, 0.2) is 6.07 Å². The Labute approximate surface area is 133 Å². The fourth-order valence-electron chi connectivity index (χ4n) is 2.82. The summed E-state index contributed by atoms with van der Waals surface area (Å²) in [7, 11) is 0. The lowest BCUT2D eigenvalue weighted by molar-refractivity contribution is 0.0481. The molecular weight excluding hydrogens is 306 g/mol. The van der Waals surface area contributed by atoms with Crippen molar-refractivity contribution in [3.8, 4) is 0 Å². The van der Waals surface area contributed by atoms with Crippen molar-refractivity contribution in [1.29, 1.82) is 0 Å². The first-order valence-electron chi connectivity index (χ1n) is 7.42. The number of aliphatic hydroxyl groups is 1. The zero-order valence-corrected chi connectivity index (χ0v) is 14.0. The van der Waals surface area contributed by atoms with E-state index in [2.05, 4.69) is 27.9 Å². The molecule has 0 radical (unpaired) electrons. The van der Waals surface area contributed by atoms with E-state index in [0.717, 1.165) is 54.8 Å². The third-order valence-electron chi connectivity index (χ3n) is 4.11. The molecule has 1 N–H and O–H groups in total. The van der Waals surface area contributed by atoms with Gasteiger partial charge in [-0.15, -0.1) is 11.3 Å². The van der Waals surface area contributed by atoms with Gasteiger partial charge in [0.05, 0.1) is 11.0 Å². The maximum absolute atomic E-state index is 10.2. The van der Waals surface area contributed by atoms with E-state index in [1.165, 1.54) is 4.88 Å². The number of anilines is 1. The third-order valence-corrected chi connectivity index (χ3v) is 5.45. The quantitative estimate of drug-likeness (QED) is 0.856. The van der Waals surface area contributed by atoms with E-state index < -0.39 is 5.60 Å². The maximum atomic E-state index is 10.2. The number of fused-ring (bicyclic) bond motifs is 1. The topological polar surface area (TPSA) is 49.2 Å². The molecule has 2 aromatic heterocycles. The molecule has 6 heteroatoms. The van der Waals surface area contributed by atoms with E-state index >= 15 is 0 Å². The van der Waals surface area contributed by atoms with Crippen LogP contribution in [0.5, 0.6) is 0 Å². The number of rotatable bonds is 2. The van der Waals surface area contributed by atoms with E-state index in [1.54, 1.807) is 11.3 Å². The Balaban J connectivity index is 2.00. The van der Waals surface area contributed by atoms with Gasteiger partial charge in [-0.2, -0.15) is 4.98 Å².